The van der Waals surface area contributed by atoms with Gasteiger partial charge < -0.3 is 9.80 Å². The van der Waals surface area contributed by atoms with Crippen LogP contribution < -0.4 is 0 Å². The third-order valence-corrected chi connectivity index (χ3v) is 5.80. The normalized spacial score (nSPS) is 25.0. The van der Waals surface area contributed by atoms with Gasteiger partial charge in [0.25, 0.3) is 0 Å². The molecule has 0 N–H and O–H groups in total. The predicted octanol–water partition coefficient (Wildman–Crippen LogP) is 3.69. The lowest BCUT2D eigenvalue weighted by molar-refractivity contribution is 0.107. The van der Waals surface area contributed by atoms with Crippen molar-refractivity contribution in [3.8, 4) is 0 Å². The molecule has 2 heterocycles. The van der Waals surface area contributed by atoms with E-state index >= 15 is 0 Å². The molecule has 2 rings (SSSR count). The minimum atomic E-state index is 0.719. The minimum absolute atomic E-state index is 0.719. The molecule has 0 radical (unpaired) electrons. The summed E-state index contributed by atoms with van der Waals surface area (Å²) in [6, 6.07) is 1.61. The Hall–Kier alpha value is -0.120. The van der Waals surface area contributed by atoms with Crippen LogP contribution in [0.5, 0.6) is 0 Å². The van der Waals surface area contributed by atoms with Gasteiger partial charge in [0.2, 0.25) is 0 Å². The maximum Gasteiger partial charge on any atom is 0.0113 e. The first-order valence-corrected chi connectivity index (χ1v) is 10.3. The van der Waals surface area contributed by atoms with Gasteiger partial charge in [0, 0.05) is 38.3 Å². The first-order valence-electron chi connectivity index (χ1n) is 10.3. The topological polar surface area (TPSA) is 9.72 Å². The van der Waals surface area contributed by atoms with Crippen LogP contribution in [0.4, 0.5) is 0 Å². The van der Waals surface area contributed by atoms with Gasteiger partial charge in [-0.1, -0.05) is 20.3 Å². The molecule has 136 valence electrons. The average Bonchev–Trinajstić information content (AvgIpc) is 2.94. The van der Waals surface area contributed by atoms with E-state index in [0.717, 1.165) is 18.0 Å². The predicted molar refractivity (Wildman–Crippen MR) is 101 cm³/mol. The lowest BCUT2D eigenvalue weighted by Gasteiger charge is -2.37. The van der Waals surface area contributed by atoms with Gasteiger partial charge in [-0.15, -0.1) is 0 Å². The van der Waals surface area contributed by atoms with Gasteiger partial charge in [0.05, 0.1) is 0 Å². The minimum Gasteiger partial charge on any atom is -0.301 e. The van der Waals surface area contributed by atoms with Gasteiger partial charge in [-0.05, 0) is 71.5 Å². The molecule has 0 aromatic heterocycles. The number of unbranched alkanes of at least 4 members (excludes halogenated alkanes) is 2. The molecule has 0 spiro atoms. The van der Waals surface area contributed by atoms with E-state index in [1.54, 1.807) is 0 Å². The van der Waals surface area contributed by atoms with Crippen molar-refractivity contribution in [1.82, 2.24) is 14.7 Å². The average molecular weight is 324 g/mol. The molecule has 2 aliphatic rings. The third kappa shape index (κ3) is 6.72. The van der Waals surface area contributed by atoms with Crippen LogP contribution in [0.15, 0.2) is 0 Å². The van der Waals surface area contributed by atoms with Crippen LogP contribution >= 0.6 is 0 Å². The molecule has 2 saturated heterocycles. The number of piperazine rings is 1. The van der Waals surface area contributed by atoms with Crippen LogP contribution in [0.3, 0.4) is 0 Å². The molecule has 0 aromatic rings. The lowest BCUT2D eigenvalue weighted by atomic mass is 10.0. The first kappa shape index (κ1) is 19.2. The summed E-state index contributed by atoms with van der Waals surface area (Å²) < 4.78 is 0. The Kier molecular flexibility index (Phi) is 8.35. The molecule has 0 saturated carbocycles. The molecule has 0 aromatic carbocycles. The second kappa shape index (κ2) is 10.0. The zero-order valence-corrected chi connectivity index (χ0v) is 16.3. The van der Waals surface area contributed by atoms with Crippen molar-refractivity contribution in [2.75, 3.05) is 45.8 Å². The van der Waals surface area contributed by atoms with E-state index < -0.39 is 0 Å². The number of likely N-dealkylation sites (tertiary alicyclic amines) is 1. The number of rotatable bonds is 9. The Morgan fingerprint density at radius 2 is 1.52 bits per heavy atom. The van der Waals surface area contributed by atoms with Crippen molar-refractivity contribution in [3.05, 3.63) is 0 Å². The van der Waals surface area contributed by atoms with Crippen molar-refractivity contribution >= 4 is 0 Å². The maximum atomic E-state index is 2.78. The number of nitrogens with zero attached hydrogens (tertiary/aromatic N) is 3. The van der Waals surface area contributed by atoms with Crippen molar-refractivity contribution in [3.63, 3.8) is 0 Å². The van der Waals surface area contributed by atoms with Crippen LogP contribution in [-0.2, 0) is 0 Å². The third-order valence-electron chi connectivity index (χ3n) is 5.80. The fourth-order valence-electron chi connectivity index (χ4n) is 4.33. The Balaban J connectivity index is 1.51. The zero-order valence-electron chi connectivity index (χ0n) is 16.3. The second-order valence-electron chi connectivity index (χ2n) is 8.49. The molecule has 23 heavy (non-hydrogen) atoms. The van der Waals surface area contributed by atoms with Gasteiger partial charge in [-0.2, -0.15) is 0 Å². The molecule has 2 aliphatic heterocycles. The smallest absolute Gasteiger partial charge is 0.0113 e. The molecule has 0 aliphatic carbocycles. The van der Waals surface area contributed by atoms with E-state index in [-0.39, 0.29) is 0 Å². The number of hydrogen-bond donors (Lipinski definition) is 0. The summed E-state index contributed by atoms with van der Waals surface area (Å²) >= 11 is 0. The fraction of sp³-hybridized carbons (Fsp3) is 1.00. The highest BCUT2D eigenvalue weighted by Crippen LogP contribution is 2.23. The Bertz CT molecular complexity index is 308. The highest BCUT2D eigenvalue weighted by Gasteiger charge is 2.24. The van der Waals surface area contributed by atoms with Gasteiger partial charge in [-0.25, -0.2) is 0 Å². The molecular formula is C20H41N3. The highest BCUT2D eigenvalue weighted by molar-refractivity contribution is 4.80. The second-order valence-corrected chi connectivity index (χ2v) is 8.49. The van der Waals surface area contributed by atoms with Gasteiger partial charge in [0.1, 0.15) is 0 Å². The number of hydrogen-bond acceptors (Lipinski definition) is 3. The van der Waals surface area contributed by atoms with Crippen molar-refractivity contribution < 1.29 is 0 Å². The molecule has 1 atom stereocenters. The standard InChI is InChI=1S/C20H41N3/c1-18(2)17-20-9-8-12-23(20)11-7-5-6-10-21-13-15-22(16-14-21)19(3)4/h18-20H,5-17H2,1-4H3/t20-/m0/s1. The molecule has 0 amide bonds. The van der Waals surface area contributed by atoms with E-state index in [9.17, 15) is 0 Å². The van der Waals surface area contributed by atoms with Gasteiger partial charge >= 0.3 is 0 Å². The van der Waals surface area contributed by atoms with Gasteiger partial charge in [-0.3, -0.25) is 4.90 Å². The largest absolute Gasteiger partial charge is 0.301 e. The van der Waals surface area contributed by atoms with Crippen LogP contribution in [0.2, 0.25) is 0 Å². The van der Waals surface area contributed by atoms with Crippen LogP contribution in [0.1, 0.15) is 66.2 Å². The summed E-state index contributed by atoms with van der Waals surface area (Å²) in [5, 5.41) is 0. The van der Waals surface area contributed by atoms with Crippen molar-refractivity contribution in [2.24, 2.45) is 5.92 Å². The Labute approximate surface area is 145 Å². The van der Waals surface area contributed by atoms with E-state index in [1.165, 1.54) is 84.3 Å². The van der Waals surface area contributed by atoms with E-state index in [2.05, 4.69) is 42.4 Å². The van der Waals surface area contributed by atoms with Gasteiger partial charge in [0.15, 0.2) is 0 Å². The van der Waals surface area contributed by atoms with Crippen LogP contribution in [-0.4, -0.2) is 72.6 Å². The van der Waals surface area contributed by atoms with E-state index in [1.807, 2.05) is 0 Å². The quantitative estimate of drug-likeness (QED) is 0.599. The van der Waals surface area contributed by atoms with E-state index in [4.69, 9.17) is 0 Å². The van der Waals surface area contributed by atoms with E-state index in [0.29, 0.717) is 0 Å². The Morgan fingerprint density at radius 3 is 2.17 bits per heavy atom. The zero-order chi connectivity index (χ0) is 16.7. The molecule has 2 fully saturated rings. The lowest BCUT2D eigenvalue weighted by Crippen LogP contribution is -2.48. The molecule has 3 heteroatoms. The van der Waals surface area contributed by atoms with Crippen LogP contribution in [0, 0.1) is 5.92 Å². The summed E-state index contributed by atoms with van der Waals surface area (Å²) in [6.07, 6.45) is 8.48. The SMILES string of the molecule is CC(C)C[C@@H]1CCCN1CCCCCN1CCN(C(C)C)CC1. The maximum absolute atomic E-state index is 2.78. The van der Waals surface area contributed by atoms with Crippen molar-refractivity contribution in [2.45, 2.75) is 78.3 Å². The summed E-state index contributed by atoms with van der Waals surface area (Å²) in [4.78, 5) is 8.07. The molecular weight excluding hydrogens is 282 g/mol. The van der Waals surface area contributed by atoms with Crippen LogP contribution in [0.25, 0.3) is 0 Å². The highest BCUT2D eigenvalue weighted by atomic mass is 15.3. The summed E-state index contributed by atoms with van der Waals surface area (Å²) in [5.74, 6) is 0.852. The summed E-state index contributed by atoms with van der Waals surface area (Å²) in [5.41, 5.74) is 0. The molecule has 0 bridgehead atoms. The molecule has 0 unspecified atom stereocenters. The first-order chi connectivity index (χ1) is 11.1. The molecule has 3 nitrogen and oxygen atoms in total. The van der Waals surface area contributed by atoms with Crippen molar-refractivity contribution in [1.29, 1.82) is 0 Å². The summed E-state index contributed by atoms with van der Waals surface area (Å²) in [6.45, 7) is 18.5. The Morgan fingerprint density at radius 1 is 0.826 bits per heavy atom. The fourth-order valence-corrected chi connectivity index (χ4v) is 4.33. The monoisotopic (exact) mass is 323 g/mol. The summed E-state index contributed by atoms with van der Waals surface area (Å²) in [7, 11) is 0.